The molecule has 1 fully saturated rings. The van der Waals surface area contributed by atoms with E-state index >= 15 is 0 Å². The highest BCUT2D eigenvalue weighted by Gasteiger charge is 2.22. The first-order valence-electron chi connectivity index (χ1n) is 6.59. The molecule has 5 heteroatoms. The molecule has 1 saturated carbocycles. The van der Waals surface area contributed by atoms with E-state index in [9.17, 15) is 9.59 Å². The highest BCUT2D eigenvalue weighted by molar-refractivity contribution is 5.76. The van der Waals surface area contributed by atoms with Crippen molar-refractivity contribution in [3.63, 3.8) is 0 Å². The van der Waals surface area contributed by atoms with Gasteiger partial charge in [-0.25, -0.2) is 0 Å². The quantitative estimate of drug-likeness (QED) is 0.526. The lowest BCUT2D eigenvalue weighted by Crippen LogP contribution is -2.32. The summed E-state index contributed by atoms with van der Waals surface area (Å²) < 4.78 is 5.15. The van der Waals surface area contributed by atoms with Crippen molar-refractivity contribution in [1.29, 1.82) is 0 Å². The second-order valence-electron chi connectivity index (χ2n) is 5.71. The van der Waals surface area contributed by atoms with Crippen LogP contribution in [0.25, 0.3) is 0 Å². The van der Waals surface area contributed by atoms with Crippen LogP contribution in [0.3, 0.4) is 0 Å². The normalized spacial score (nSPS) is 15.3. The van der Waals surface area contributed by atoms with E-state index in [-0.39, 0.29) is 18.4 Å². The zero-order valence-electron chi connectivity index (χ0n) is 11.5. The van der Waals surface area contributed by atoms with Crippen molar-refractivity contribution in [2.75, 3.05) is 13.1 Å². The summed E-state index contributed by atoms with van der Waals surface area (Å²) in [7, 11) is 0. The molecule has 0 aliphatic heterocycles. The molecular weight excluding hydrogens is 232 g/mol. The Labute approximate surface area is 109 Å². The molecule has 0 aromatic rings. The van der Waals surface area contributed by atoms with E-state index < -0.39 is 5.60 Å². The molecule has 0 aromatic carbocycles. The molecular formula is C13H24N2O3. The first kappa shape index (κ1) is 15.0. The molecule has 1 amide bonds. The smallest absolute Gasteiger partial charge is 0.320 e. The number of esters is 1. The Morgan fingerprint density at radius 1 is 1.28 bits per heavy atom. The van der Waals surface area contributed by atoms with Crippen LogP contribution < -0.4 is 10.6 Å². The maximum atomic E-state index is 11.3. The van der Waals surface area contributed by atoms with Gasteiger partial charge in [0.2, 0.25) is 5.91 Å². The zero-order chi connectivity index (χ0) is 13.6. The number of carbonyl (C=O) groups excluding carboxylic acids is 2. The van der Waals surface area contributed by atoms with Crippen LogP contribution in [0.2, 0.25) is 0 Å². The van der Waals surface area contributed by atoms with Gasteiger partial charge in [-0.3, -0.25) is 9.59 Å². The number of hydrogen-bond acceptors (Lipinski definition) is 4. The average Bonchev–Trinajstić information content (AvgIpc) is 2.98. The fourth-order valence-electron chi connectivity index (χ4n) is 1.47. The van der Waals surface area contributed by atoms with Gasteiger partial charge in [-0.2, -0.15) is 0 Å². The highest BCUT2D eigenvalue weighted by Crippen LogP contribution is 2.18. The second-order valence-corrected chi connectivity index (χ2v) is 5.71. The van der Waals surface area contributed by atoms with Crippen LogP contribution >= 0.6 is 0 Å². The minimum atomic E-state index is -0.442. The van der Waals surface area contributed by atoms with E-state index in [1.807, 2.05) is 20.8 Å². The summed E-state index contributed by atoms with van der Waals surface area (Å²) in [4.78, 5) is 22.7. The number of rotatable bonds is 7. The van der Waals surface area contributed by atoms with Crippen LogP contribution in [-0.4, -0.2) is 36.6 Å². The van der Waals surface area contributed by atoms with E-state index in [1.165, 1.54) is 0 Å². The van der Waals surface area contributed by atoms with E-state index in [4.69, 9.17) is 4.74 Å². The Morgan fingerprint density at radius 2 is 1.94 bits per heavy atom. The predicted molar refractivity (Wildman–Crippen MR) is 69.1 cm³/mol. The molecule has 1 aliphatic carbocycles. The summed E-state index contributed by atoms with van der Waals surface area (Å²) in [6.45, 7) is 6.37. The van der Waals surface area contributed by atoms with Gasteiger partial charge in [-0.1, -0.05) is 0 Å². The molecule has 0 atom stereocenters. The van der Waals surface area contributed by atoms with Crippen molar-refractivity contribution in [2.45, 2.75) is 58.1 Å². The third-order valence-corrected chi connectivity index (χ3v) is 2.39. The largest absolute Gasteiger partial charge is 0.459 e. The highest BCUT2D eigenvalue weighted by atomic mass is 16.6. The molecule has 0 spiro atoms. The van der Waals surface area contributed by atoms with Crippen LogP contribution in [0.15, 0.2) is 0 Å². The van der Waals surface area contributed by atoms with E-state index in [0.29, 0.717) is 19.0 Å². The van der Waals surface area contributed by atoms with E-state index in [1.54, 1.807) is 0 Å². The molecule has 18 heavy (non-hydrogen) atoms. The van der Waals surface area contributed by atoms with Gasteiger partial charge in [0, 0.05) is 12.5 Å². The maximum absolute atomic E-state index is 11.3. The van der Waals surface area contributed by atoms with E-state index in [2.05, 4.69) is 10.6 Å². The lowest BCUT2D eigenvalue weighted by atomic mass is 10.2. The molecule has 0 heterocycles. The van der Waals surface area contributed by atoms with Gasteiger partial charge in [0.15, 0.2) is 0 Å². The molecule has 5 nitrogen and oxygen atoms in total. The fourth-order valence-corrected chi connectivity index (χ4v) is 1.47. The standard InChI is InChI=1S/C13H24N2O3/c1-13(2,3)18-12(17)9-14-8-4-5-11(16)15-10-6-7-10/h10,14H,4-9H2,1-3H3,(H,15,16). The van der Waals surface area contributed by atoms with Crippen molar-refractivity contribution >= 4 is 11.9 Å². The lowest BCUT2D eigenvalue weighted by Gasteiger charge is -2.19. The van der Waals surface area contributed by atoms with Crippen LogP contribution in [0.4, 0.5) is 0 Å². The fraction of sp³-hybridized carbons (Fsp3) is 0.846. The first-order valence-corrected chi connectivity index (χ1v) is 6.59. The first-order chi connectivity index (χ1) is 8.37. The molecule has 2 N–H and O–H groups in total. The number of carbonyl (C=O) groups is 2. The number of hydrogen-bond donors (Lipinski definition) is 2. The van der Waals surface area contributed by atoms with Crippen LogP contribution in [0.5, 0.6) is 0 Å². The number of nitrogens with one attached hydrogen (secondary N) is 2. The van der Waals surface area contributed by atoms with Crippen molar-refractivity contribution in [3.05, 3.63) is 0 Å². The van der Waals surface area contributed by atoms with Gasteiger partial charge in [-0.15, -0.1) is 0 Å². The zero-order valence-corrected chi connectivity index (χ0v) is 11.5. The van der Waals surface area contributed by atoms with Gasteiger partial charge in [0.25, 0.3) is 0 Å². The summed E-state index contributed by atoms with van der Waals surface area (Å²) in [5.41, 5.74) is -0.442. The summed E-state index contributed by atoms with van der Waals surface area (Å²) in [6.07, 6.45) is 3.48. The van der Waals surface area contributed by atoms with Crippen LogP contribution in [0.1, 0.15) is 46.5 Å². The lowest BCUT2D eigenvalue weighted by molar-refractivity contribution is -0.153. The monoisotopic (exact) mass is 256 g/mol. The van der Waals surface area contributed by atoms with Crippen LogP contribution in [-0.2, 0) is 14.3 Å². The number of ether oxygens (including phenoxy) is 1. The molecule has 1 aliphatic rings. The minimum absolute atomic E-state index is 0.108. The Kier molecular flexibility index (Phi) is 5.59. The minimum Gasteiger partial charge on any atom is -0.459 e. The van der Waals surface area contributed by atoms with Gasteiger partial charge >= 0.3 is 5.97 Å². The summed E-state index contributed by atoms with van der Waals surface area (Å²) in [5, 5.41) is 5.90. The topological polar surface area (TPSA) is 67.4 Å². The SMILES string of the molecule is CC(C)(C)OC(=O)CNCCCC(=O)NC1CC1. The van der Waals surface area contributed by atoms with Gasteiger partial charge in [0.05, 0.1) is 6.54 Å². The van der Waals surface area contributed by atoms with Crippen molar-refractivity contribution < 1.29 is 14.3 Å². The average molecular weight is 256 g/mol. The summed E-state index contributed by atoms with van der Waals surface area (Å²) >= 11 is 0. The molecule has 104 valence electrons. The second kappa shape index (κ2) is 6.73. The third-order valence-electron chi connectivity index (χ3n) is 2.39. The van der Waals surface area contributed by atoms with E-state index in [0.717, 1.165) is 19.3 Å². The molecule has 1 rings (SSSR count). The molecule has 0 bridgehead atoms. The van der Waals surface area contributed by atoms with Crippen molar-refractivity contribution in [1.82, 2.24) is 10.6 Å². The molecule has 0 radical (unpaired) electrons. The molecule has 0 aromatic heterocycles. The van der Waals surface area contributed by atoms with Crippen molar-refractivity contribution in [3.8, 4) is 0 Å². The Balaban J connectivity index is 1.94. The third kappa shape index (κ3) is 8.06. The van der Waals surface area contributed by atoms with Gasteiger partial charge in [0.1, 0.15) is 5.60 Å². The summed E-state index contributed by atoms with van der Waals surface area (Å²) in [5.74, 6) is -0.151. The maximum Gasteiger partial charge on any atom is 0.320 e. The summed E-state index contributed by atoms with van der Waals surface area (Å²) in [6, 6.07) is 0.423. The Bertz CT molecular complexity index is 293. The predicted octanol–water partition coefficient (Wildman–Crippen LogP) is 0.976. The molecule has 0 saturated heterocycles. The molecule has 0 unspecified atom stereocenters. The van der Waals surface area contributed by atoms with Crippen molar-refractivity contribution in [2.24, 2.45) is 0 Å². The Hall–Kier alpha value is -1.10. The van der Waals surface area contributed by atoms with Gasteiger partial charge < -0.3 is 15.4 Å². The van der Waals surface area contributed by atoms with Gasteiger partial charge in [-0.05, 0) is 46.6 Å². The van der Waals surface area contributed by atoms with Crippen LogP contribution in [0, 0.1) is 0 Å². The number of amides is 1. The Morgan fingerprint density at radius 3 is 2.50 bits per heavy atom.